The van der Waals surface area contributed by atoms with Gasteiger partial charge < -0.3 is 20.0 Å². The van der Waals surface area contributed by atoms with Gasteiger partial charge in [-0.3, -0.25) is 4.79 Å². The average Bonchev–Trinajstić information content (AvgIpc) is 2.51. The quantitative estimate of drug-likeness (QED) is 0.874. The lowest BCUT2D eigenvalue weighted by atomic mass is 9.90. The molecule has 6 heteroatoms. The molecule has 0 saturated carbocycles. The second-order valence-electron chi connectivity index (χ2n) is 5.40. The maximum atomic E-state index is 12.4. The number of rotatable bonds is 3. The number of urea groups is 1. The van der Waals surface area contributed by atoms with Crippen LogP contribution in [0.3, 0.4) is 0 Å². The number of likely N-dealkylation sites (N-methyl/N-ethyl adjacent to an activating group) is 1. The van der Waals surface area contributed by atoms with Crippen molar-refractivity contribution in [1.29, 1.82) is 0 Å². The summed E-state index contributed by atoms with van der Waals surface area (Å²) in [6.45, 7) is 2.15. The molecule has 1 aromatic rings. The summed E-state index contributed by atoms with van der Waals surface area (Å²) in [5, 5.41) is 18.5. The lowest BCUT2D eigenvalue weighted by molar-refractivity contribution is -0.139. The molecule has 2 unspecified atom stereocenters. The van der Waals surface area contributed by atoms with Crippen molar-refractivity contribution in [2.45, 2.75) is 25.4 Å². The van der Waals surface area contributed by atoms with Crippen LogP contribution in [0.2, 0.25) is 0 Å². The molecule has 2 atom stereocenters. The number of aliphatic carboxylic acids is 1. The average molecular weight is 292 g/mol. The maximum Gasteiger partial charge on any atom is 0.320 e. The molecule has 1 heterocycles. The molecule has 0 aliphatic carbocycles. The van der Waals surface area contributed by atoms with Gasteiger partial charge in [-0.15, -0.1) is 0 Å². The maximum absolute atomic E-state index is 12.4. The molecule has 6 nitrogen and oxygen atoms in total. The van der Waals surface area contributed by atoms with Crippen LogP contribution in [0.1, 0.15) is 24.0 Å². The summed E-state index contributed by atoms with van der Waals surface area (Å²) >= 11 is 0. The van der Waals surface area contributed by atoms with Crippen molar-refractivity contribution in [2.75, 3.05) is 20.2 Å². The third kappa shape index (κ3) is 3.00. The van der Waals surface area contributed by atoms with E-state index in [0.717, 1.165) is 11.1 Å². The van der Waals surface area contributed by atoms with Crippen LogP contribution < -0.4 is 0 Å². The number of fused-ring (bicyclic) bond motifs is 1. The molecule has 1 aliphatic heterocycles. The second kappa shape index (κ2) is 6.13. The Balaban J connectivity index is 2.25. The molecule has 2 N–H and O–H groups in total. The van der Waals surface area contributed by atoms with Gasteiger partial charge in [0.1, 0.15) is 0 Å². The van der Waals surface area contributed by atoms with Crippen LogP contribution in [0.5, 0.6) is 0 Å². The van der Waals surface area contributed by atoms with E-state index < -0.39 is 11.9 Å². The zero-order valence-electron chi connectivity index (χ0n) is 12.2. The summed E-state index contributed by atoms with van der Waals surface area (Å²) in [6, 6.07) is 6.73. The SMILES string of the molecule is CC(CO)N(C)C(=O)N1Cc2ccccc2C(C(=O)O)C1. The number of benzene rings is 1. The zero-order chi connectivity index (χ0) is 15.6. The number of amides is 2. The van der Waals surface area contributed by atoms with E-state index in [4.69, 9.17) is 5.11 Å². The van der Waals surface area contributed by atoms with Crippen molar-refractivity contribution < 1.29 is 19.8 Å². The molecule has 2 amide bonds. The third-order valence-corrected chi connectivity index (χ3v) is 3.99. The number of carboxylic acid groups (broad SMARTS) is 1. The lowest BCUT2D eigenvalue weighted by Crippen LogP contribution is -2.49. The van der Waals surface area contributed by atoms with Gasteiger partial charge in [0, 0.05) is 20.1 Å². The van der Waals surface area contributed by atoms with Gasteiger partial charge in [0.15, 0.2) is 0 Å². The molecular formula is C15H20N2O4. The Bertz CT molecular complexity index is 546. The molecule has 1 aliphatic rings. The summed E-state index contributed by atoms with van der Waals surface area (Å²) in [5.41, 5.74) is 1.63. The standard InChI is InChI=1S/C15H20N2O4/c1-10(9-18)16(2)15(21)17-7-11-5-3-4-6-12(11)13(8-17)14(19)20/h3-6,10,13,18H,7-9H2,1-2H3,(H,19,20). The molecule has 0 radical (unpaired) electrons. The summed E-state index contributed by atoms with van der Waals surface area (Å²) in [4.78, 5) is 26.8. The monoisotopic (exact) mass is 292 g/mol. The highest BCUT2D eigenvalue weighted by Crippen LogP contribution is 2.29. The minimum atomic E-state index is -0.933. The van der Waals surface area contributed by atoms with Gasteiger partial charge in [-0.25, -0.2) is 4.79 Å². The fraction of sp³-hybridized carbons (Fsp3) is 0.467. The zero-order valence-corrected chi connectivity index (χ0v) is 12.2. The Hall–Kier alpha value is -2.08. The molecule has 0 saturated heterocycles. The van der Waals surface area contributed by atoms with Gasteiger partial charge in [-0.2, -0.15) is 0 Å². The minimum absolute atomic E-state index is 0.130. The summed E-state index contributed by atoms with van der Waals surface area (Å²) in [6.07, 6.45) is 0. The van der Waals surface area contributed by atoms with Crippen molar-refractivity contribution in [2.24, 2.45) is 0 Å². The number of aliphatic hydroxyl groups excluding tert-OH is 1. The largest absolute Gasteiger partial charge is 0.481 e. The molecule has 21 heavy (non-hydrogen) atoms. The van der Waals surface area contributed by atoms with E-state index in [1.807, 2.05) is 18.2 Å². The van der Waals surface area contributed by atoms with E-state index in [1.54, 1.807) is 20.0 Å². The topological polar surface area (TPSA) is 81.1 Å². The number of hydrogen-bond acceptors (Lipinski definition) is 3. The first-order valence-electron chi connectivity index (χ1n) is 6.89. The van der Waals surface area contributed by atoms with Gasteiger partial charge in [0.25, 0.3) is 0 Å². The van der Waals surface area contributed by atoms with Crippen molar-refractivity contribution in [3.63, 3.8) is 0 Å². The Kier molecular flexibility index (Phi) is 4.47. The van der Waals surface area contributed by atoms with Gasteiger partial charge in [-0.05, 0) is 18.1 Å². The van der Waals surface area contributed by atoms with Gasteiger partial charge in [0.2, 0.25) is 0 Å². The fourth-order valence-corrected chi connectivity index (χ4v) is 2.50. The number of carboxylic acids is 1. The summed E-state index contributed by atoms with van der Waals surface area (Å²) in [7, 11) is 1.61. The first-order valence-corrected chi connectivity index (χ1v) is 6.89. The van der Waals surface area contributed by atoms with Crippen LogP contribution in [0.15, 0.2) is 24.3 Å². The Morgan fingerprint density at radius 2 is 2.10 bits per heavy atom. The van der Waals surface area contributed by atoms with Crippen LogP contribution in [-0.2, 0) is 11.3 Å². The van der Waals surface area contributed by atoms with E-state index in [1.165, 1.54) is 9.80 Å². The Morgan fingerprint density at radius 1 is 1.43 bits per heavy atom. The first kappa shape index (κ1) is 15.3. The molecule has 2 rings (SSSR count). The normalized spacial score (nSPS) is 18.8. The predicted octanol–water partition coefficient (Wildman–Crippen LogP) is 1.10. The number of carbonyl (C=O) groups excluding carboxylic acids is 1. The number of carbonyl (C=O) groups is 2. The van der Waals surface area contributed by atoms with Crippen LogP contribution in [0.25, 0.3) is 0 Å². The van der Waals surface area contributed by atoms with Crippen molar-refractivity contribution in [1.82, 2.24) is 9.80 Å². The second-order valence-corrected chi connectivity index (χ2v) is 5.40. The van der Waals surface area contributed by atoms with Crippen molar-refractivity contribution >= 4 is 12.0 Å². The van der Waals surface area contributed by atoms with Crippen molar-refractivity contribution in [3.05, 3.63) is 35.4 Å². The number of hydrogen-bond donors (Lipinski definition) is 2. The lowest BCUT2D eigenvalue weighted by Gasteiger charge is -2.36. The molecule has 0 aromatic heterocycles. The predicted molar refractivity (Wildman–Crippen MR) is 76.9 cm³/mol. The molecule has 114 valence electrons. The minimum Gasteiger partial charge on any atom is -0.481 e. The first-order chi connectivity index (χ1) is 9.95. The highest BCUT2D eigenvalue weighted by Gasteiger charge is 2.34. The highest BCUT2D eigenvalue weighted by atomic mass is 16.4. The van der Waals surface area contributed by atoms with E-state index >= 15 is 0 Å². The van der Waals surface area contributed by atoms with E-state index in [2.05, 4.69) is 0 Å². The molecular weight excluding hydrogens is 272 g/mol. The molecule has 0 spiro atoms. The van der Waals surface area contributed by atoms with E-state index in [0.29, 0.717) is 6.54 Å². The van der Waals surface area contributed by atoms with Crippen LogP contribution in [-0.4, -0.2) is 58.3 Å². The van der Waals surface area contributed by atoms with E-state index in [9.17, 15) is 14.7 Å². The molecule has 0 fully saturated rings. The summed E-state index contributed by atoms with van der Waals surface area (Å²) < 4.78 is 0. The van der Waals surface area contributed by atoms with Crippen molar-refractivity contribution in [3.8, 4) is 0 Å². The summed E-state index contributed by atoms with van der Waals surface area (Å²) in [5.74, 6) is -1.64. The number of nitrogens with zero attached hydrogens (tertiary/aromatic N) is 2. The highest BCUT2D eigenvalue weighted by molar-refractivity contribution is 5.81. The number of aliphatic hydroxyl groups is 1. The smallest absolute Gasteiger partial charge is 0.320 e. The fourth-order valence-electron chi connectivity index (χ4n) is 2.50. The van der Waals surface area contributed by atoms with Crippen LogP contribution in [0.4, 0.5) is 4.79 Å². The van der Waals surface area contributed by atoms with Gasteiger partial charge >= 0.3 is 12.0 Å². The Labute approximate surface area is 123 Å². The van der Waals surface area contributed by atoms with Gasteiger partial charge in [-0.1, -0.05) is 24.3 Å². The van der Waals surface area contributed by atoms with Gasteiger partial charge in [0.05, 0.1) is 18.6 Å². The third-order valence-electron chi connectivity index (χ3n) is 3.99. The molecule has 1 aromatic carbocycles. The molecule has 0 bridgehead atoms. The van der Waals surface area contributed by atoms with Crippen LogP contribution in [0, 0.1) is 0 Å². The van der Waals surface area contributed by atoms with Crippen LogP contribution >= 0.6 is 0 Å². The Morgan fingerprint density at radius 3 is 2.71 bits per heavy atom. The van der Waals surface area contributed by atoms with E-state index in [-0.39, 0.29) is 25.2 Å².